The Hall–Kier alpha value is -2.21. The zero-order valence-electron chi connectivity index (χ0n) is 12.3. The molecule has 0 aliphatic rings. The van der Waals surface area contributed by atoms with Crippen molar-refractivity contribution in [2.45, 2.75) is 25.4 Å². The molecule has 1 unspecified atom stereocenters. The highest BCUT2D eigenvalue weighted by Gasteiger charge is 2.40. The SMILES string of the molecule is CCOC(=O)C(CCn1cncn1)(NC)c1ccccc1. The average molecular weight is 288 g/mol. The standard InChI is InChI=1S/C15H20N4O2/c1-3-21-14(20)15(16-2,13-7-5-4-6-8-13)9-10-19-12-17-11-18-19/h4-8,11-12,16H,3,9-10H2,1-2H3. The molecule has 1 atom stereocenters. The number of aromatic nitrogens is 3. The number of nitrogens with zero attached hydrogens (tertiary/aromatic N) is 3. The van der Waals surface area contributed by atoms with Gasteiger partial charge in [-0.1, -0.05) is 30.3 Å². The van der Waals surface area contributed by atoms with E-state index in [1.54, 1.807) is 25.0 Å². The third kappa shape index (κ3) is 3.28. The molecule has 0 aliphatic heterocycles. The van der Waals surface area contributed by atoms with E-state index in [1.165, 1.54) is 6.33 Å². The van der Waals surface area contributed by atoms with Crippen LogP contribution >= 0.6 is 0 Å². The maximum absolute atomic E-state index is 12.5. The van der Waals surface area contributed by atoms with Gasteiger partial charge in [0.25, 0.3) is 0 Å². The molecule has 0 amide bonds. The molecule has 0 spiro atoms. The minimum absolute atomic E-state index is 0.279. The van der Waals surface area contributed by atoms with E-state index >= 15 is 0 Å². The van der Waals surface area contributed by atoms with Crippen molar-refractivity contribution in [2.24, 2.45) is 0 Å². The van der Waals surface area contributed by atoms with E-state index < -0.39 is 5.54 Å². The van der Waals surface area contributed by atoms with Gasteiger partial charge in [-0.25, -0.2) is 9.78 Å². The van der Waals surface area contributed by atoms with Gasteiger partial charge in [0.1, 0.15) is 18.2 Å². The normalized spacial score (nSPS) is 13.6. The van der Waals surface area contributed by atoms with Crippen LogP contribution < -0.4 is 5.32 Å². The summed E-state index contributed by atoms with van der Waals surface area (Å²) in [6.07, 6.45) is 3.64. The van der Waals surface area contributed by atoms with E-state index in [1.807, 2.05) is 30.3 Å². The Morgan fingerprint density at radius 1 is 1.38 bits per heavy atom. The van der Waals surface area contributed by atoms with Crippen molar-refractivity contribution in [3.8, 4) is 0 Å². The number of carbonyl (C=O) groups excluding carboxylic acids is 1. The summed E-state index contributed by atoms with van der Waals surface area (Å²) in [6, 6.07) is 9.60. The summed E-state index contributed by atoms with van der Waals surface area (Å²) in [4.78, 5) is 16.4. The van der Waals surface area contributed by atoms with Gasteiger partial charge in [-0.2, -0.15) is 5.10 Å². The average Bonchev–Trinajstić information content (AvgIpc) is 3.03. The number of likely N-dealkylation sites (N-methyl/N-ethyl adjacent to an activating group) is 1. The third-order valence-electron chi connectivity index (χ3n) is 3.50. The molecule has 6 heteroatoms. The van der Waals surface area contributed by atoms with Crippen LogP contribution in [-0.4, -0.2) is 34.4 Å². The second-order valence-electron chi connectivity index (χ2n) is 4.65. The molecule has 21 heavy (non-hydrogen) atoms. The number of nitrogens with one attached hydrogen (secondary N) is 1. The zero-order chi connectivity index (χ0) is 15.1. The van der Waals surface area contributed by atoms with E-state index in [4.69, 9.17) is 4.74 Å². The molecule has 0 radical (unpaired) electrons. The number of rotatable bonds is 7. The number of hydrogen-bond acceptors (Lipinski definition) is 5. The quantitative estimate of drug-likeness (QED) is 0.779. The highest BCUT2D eigenvalue weighted by atomic mass is 16.5. The first kappa shape index (κ1) is 15.2. The van der Waals surface area contributed by atoms with E-state index in [9.17, 15) is 4.79 Å². The van der Waals surface area contributed by atoms with Crippen molar-refractivity contribution >= 4 is 5.97 Å². The first-order valence-corrected chi connectivity index (χ1v) is 6.97. The molecule has 0 fully saturated rings. The van der Waals surface area contributed by atoms with Crippen LogP contribution in [0.5, 0.6) is 0 Å². The number of aryl methyl sites for hydroxylation is 1. The van der Waals surface area contributed by atoms with E-state index in [0.717, 1.165) is 5.56 Å². The maximum Gasteiger partial charge on any atom is 0.331 e. The number of carbonyl (C=O) groups is 1. The predicted octanol–water partition coefficient (Wildman–Crippen LogP) is 1.35. The van der Waals surface area contributed by atoms with Crippen molar-refractivity contribution in [1.82, 2.24) is 20.1 Å². The fraction of sp³-hybridized carbons (Fsp3) is 0.400. The summed E-state index contributed by atoms with van der Waals surface area (Å²) in [6.45, 7) is 2.72. The lowest BCUT2D eigenvalue weighted by Gasteiger charge is -2.31. The first-order chi connectivity index (χ1) is 10.2. The topological polar surface area (TPSA) is 69.0 Å². The lowest BCUT2D eigenvalue weighted by molar-refractivity contribution is -0.152. The van der Waals surface area contributed by atoms with Crippen LogP contribution in [0.3, 0.4) is 0 Å². The number of hydrogen-bond donors (Lipinski definition) is 1. The monoisotopic (exact) mass is 288 g/mol. The third-order valence-corrected chi connectivity index (χ3v) is 3.50. The molecular weight excluding hydrogens is 268 g/mol. The largest absolute Gasteiger partial charge is 0.464 e. The fourth-order valence-corrected chi connectivity index (χ4v) is 2.34. The van der Waals surface area contributed by atoms with Gasteiger partial charge in [0, 0.05) is 13.0 Å². The minimum atomic E-state index is -0.886. The zero-order valence-corrected chi connectivity index (χ0v) is 12.3. The van der Waals surface area contributed by atoms with Crippen molar-refractivity contribution in [2.75, 3.05) is 13.7 Å². The molecule has 112 valence electrons. The summed E-state index contributed by atoms with van der Waals surface area (Å²) in [5.41, 5.74) is -0.00508. The minimum Gasteiger partial charge on any atom is -0.464 e. The lowest BCUT2D eigenvalue weighted by atomic mass is 9.86. The Morgan fingerprint density at radius 2 is 2.14 bits per heavy atom. The Morgan fingerprint density at radius 3 is 2.71 bits per heavy atom. The molecule has 0 bridgehead atoms. The molecule has 0 saturated heterocycles. The van der Waals surface area contributed by atoms with Crippen LogP contribution in [0.25, 0.3) is 0 Å². The number of esters is 1. The summed E-state index contributed by atoms with van der Waals surface area (Å²) in [7, 11) is 1.77. The van der Waals surface area contributed by atoms with Crippen LogP contribution in [0.15, 0.2) is 43.0 Å². The molecule has 1 aromatic heterocycles. The van der Waals surface area contributed by atoms with Gasteiger partial charge in [0.05, 0.1) is 6.61 Å². The smallest absolute Gasteiger partial charge is 0.331 e. The molecule has 2 rings (SSSR count). The molecule has 1 heterocycles. The van der Waals surface area contributed by atoms with E-state index in [-0.39, 0.29) is 5.97 Å². The van der Waals surface area contributed by atoms with Crippen molar-refractivity contribution in [3.63, 3.8) is 0 Å². The molecule has 1 aromatic carbocycles. The van der Waals surface area contributed by atoms with Gasteiger partial charge in [-0.05, 0) is 19.5 Å². The molecule has 0 saturated carbocycles. The fourth-order valence-electron chi connectivity index (χ4n) is 2.34. The molecule has 2 aromatic rings. The molecule has 1 N–H and O–H groups in total. The van der Waals surface area contributed by atoms with Crippen molar-refractivity contribution < 1.29 is 9.53 Å². The van der Waals surface area contributed by atoms with Crippen LogP contribution in [0.2, 0.25) is 0 Å². The molecule has 0 aliphatic carbocycles. The summed E-state index contributed by atoms with van der Waals surface area (Å²) < 4.78 is 6.98. The first-order valence-electron chi connectivity index (χ1n) is 6.97. The van der Waals surface area contributed by atoms with Gasteiger partial charge in [0.2, 0.25) is 0 Å². The maximum atomic E-state index is 12.5. The Balaban J connectivity index is 2.29. The Bertz CT molecular complexity index is 556. The van der Waals surface area contributed by atoms with E-state index in [2.05, 4.69) is 15.4 Å². The highest BCUT2D eigenvalue weighted by molar-refractivity contribution is 5.82. The highest BCUT2D eigenvalue weighted by Crippen LogP contribution is 2.27. The Labute approximate surface area is 124 Å². The van der Waals surface area contributed by atoms with Gasteiger partial charge < -0.3 is 10.1 Å². The Kier molecular flexibility index (Phi) is 5.05. The van der Waals surface area contributed by atoms with Crippen molar-refractivity contribution in [3.05, 3.63) is 48.5 Å². The number of ether oxygens (including phenoxy) is 1. The van der Waals surface area contributed by atoms with Gasteiger partial charge >= 0.3 is 5.97 Å². The predicted molar refractivity (Wildman–Crippen MR) is 78.5 cm³/mol. The second-order valence-corrected chi connectivity index (χ2v) is 4.65. The summed E-state index contributed by atoms with van der Waals surface area (Å²) in [5.74, 6) is -0.279. The van der Waals surface area contributed by atoms with Gasteiger partial charge in [-0.15, -0.1) is 0 Å². The second kappa shape index (κ2) is 6.99. The van der Waals surface area contributed by atoms with Crippen molar-refractivity contribution in [1.29, 1.82) is 0 Å². The van der Waals surface area contributed by atoms with E-state index in [0.29, 0.717) is 19.6 Å². The van der Waals surface area contributed by atoms with Crippen LogP contribution in [0.4, 0.5) is 0 Å². The van der Waals surface area contributed by atoms with Crippen LogP contribution in [-0.2, 0) is 21.6 Å². The summed E-state index contributed by atoms with van der Waals surface area (Å²) >= 11 is 0. The van der Waals surface area contributed by atoms with Gasteiger partial charge in [-0.3, -0.25) is 4.68 Å². The van der Waals surface area contributed by atoms with Gasteiger partial charge in [0.15, 0.2) is 0 Å². The van der Waals surface area contributed by atoms with Crippen LogP contribution in [0.1, 0.15) is 18.9 Å². The summed E-state index contributed by atoms with van der Waals surface area (Å²) in [5, 5.41) is 7.22. The van der Waals surface area contributed by atoms with Crippen LogP contribution in [0, 0.1) is 0 Å². The lowest BCUT2D eigenvalue weighted by Crippen LogP contribution is -2.49. The molecular formula is C15H20N4O2. The molecule has 6 nitrogen and oxygen atoms in total. The number of benzene rings is 1.